The molecular weight excluding hydrogens is 142 g/mol. The quantitative estimate of drug-likeness (QED) is 0.559. The van der Waals surface area contributed by atoms with Crippen molar-refractivity contribution >= 4 is 5.91 Å². The van der Waals surface area contributed by atoms with Crippen molar-refractivity contribution < 1.29 is 9.53 Å². The molecule has 0 aromatic carbocycles. The van der Waals surface area contributed by atoms with Crippen molar-refractivity contribution in [1.82, 2.24) is 4.90 Å². The maximum absolute atomic E-state index is 11.2. The van der Waals surface area contributed by atoms with Gasteiger partial charge in [0.05, 0.1) is 12.6 Å². The molecule has 0 spiro atoms. The van der Waals surface area contributed by atoms with Crippen LogP contribution < -0.4 is 0 Å². The van der Waals surface area contributed by atoms with Gasteiger partial charge in [0.2, 0.25) is 0 Å². The zero-order valence-electron chi connectivity index (χ0n) is 6.91. The summed E-state index contributed by atoms with van der Waals surface area (Å²) < 4.78 is 5.29. The van der Waals surface area contributed by atoms with E-state index in [-0.39, 0.29) is 18.1 Å². The lowest BCUT2D eigenvalue weighted by molar-refractivity contribution is -0.154. The van der Waals surface area contributed by atoms with Crippen LogP contribution in [0.3, 0.4) is 0 Å². The molecule has 1 heterocycles. The Labute approximate surface area is 66.6 Å². The SMILES string of the molecule is C=CN1CC(C)OC(C)C1=O. The van der Waals surface area contributed by atoms with Crippen molar-refractivity contribution in [2.75, 3.05) is 6.54 Å². The van der Waals surface area contributed by atoms with Crippen molar-refractivity contribution in [2.24, 2.45) is 0 Å². The molecule has 1 saturated heterocycles. The van der Waals surface area contributed by atoms with Crippen LogP contribution in [0, 0.1) is 0 Å². The van der Waals surface area contributed by atoms with Crippen LogP contribution in [-0.4, -0.2) is 29.6 Å². The van der Waals surface area contributed by atoms with Gasteiger partial charge in [0.25, 0.3) is 5.91 Å². The Bertz CT molecular complexity index is 179. The minimum atomic E-state index is -0.322. The third-order valence-corrected chi connectivity index (χ3v) is 1.74. The molecule has 1 amide bonds. The highest BCUT2D eigenvalue weighted by atomic mass is 16.5. The molecule has 0 saturated carbocycles. The number of carbonyl (C=O) groups excluding carboxylic acids is 1. The van der Waals surface area contributed by atoms with E-state index in [0.717, 1.165) is 0 Å². The molecule has 1 rings (SSSR count). The summed E-state index contributed by atoms with van der Waals surface area (Å²) in [5.41, 5.74) is 0. The molecule has 0 aromatic rings. The first-order valence-electron chi connectivity index (χ1n) is 3.73. The first-order chi connectivity index (χ1) is 5.15. The highest BCUT2D eigenvalue weighted by Crippen LogP contribution is 2.11. The second-order valence-corrected chi connectivity index (χ2v) is 2.76. The lowest BCUT2D eigenvalue weighted by Crippen LogP contribution is -2.47. The van der Waals surface area contributed by atoms with E-state index >= 15 is 0 Å². The number of nitrogens with zero attached hydrogens (tertiary/aromatic N) is 1. The Kier molecular flexibility index (Phi) is 2.29. The van der Waals surface area contributed by atoms with Crippen molar-refractivity contribution in [2.45, 2.75) is 26.1 Å². The standard InChI is InChI=1S/C8H13NO2/c1-4-9-5-6(2)11-7(3)8(9)10/h4,6-7H,1,5H2,2-3H3. The minimum Gasteiger partial charge on any atom is -0.364 e. The Morgan fingerprint density at radius 3 is 2.91 bits per heavy atom. The van der Waals surface area contributed by atoms with Crippen molar-refractivity contribution in [3.05, 3.63) is 12.8 Å². The van der Waals surface area contributed by atoms with E-state index in [9.17, 15) is 4.79 Å². The molecule has 62 valence electrons. The molecule has 1 aliphatic heterocycles. The summed E-state index contributed by atoms with van der Waals surface area (Å²) in [6.45, 7) is 7.87. The van der Waals surface area contributed by atoms with Gasteiger partial charge in [0, 0.05) is 0 Å². The van der Waals surface area contributed by atoms with E-state index in [1.54, 1.807) is 18.0 Å². The molecule has 0 aliphatic carbocycles. The van der Waals surface area contributed by atoms with Crippen molar-refractivity contribution in [3.8, 4) is 0 Å². The average Bonchev–Trinajstić information content (AvgIpc) is 1.96. The third-order valence-electron chi connectivity index (χ3n) is 1.74. The van der Waals surface area contributed by atoms with Gasteiger partial charge in [-0.25, -0.2) is 0 Å². The zero-order chi connectivity index (χ0) is 8.43. The second-order valence-electron chi connectivity index (χ2n) is 2.76. The first kappa shape index (κ1) is 8.27. The van der Waals surface area contributed by atoms with Gasteiger partial charge >= 0.3 is 0 Å². The van der Waals surface area contributed by atoms with E-state index in [4.69, 9.17) is 4.74 Å². The van der Waals surface area contributed by atoms with Crippen LogP contribution in [0.15, 0.2) is 12.8 Å². The van der Waals surface area contributed by atoms with Crippen molar-refractivity contribution in [1.29, 1.82) is 0 Å². The largest absolute Gasteiger partial charge is 0.364 e. The predicted molar refractivity (Wildman–Crippen MR) is 41.9 cm³/mol. The molecular formula is C8H13NO2. The monoisotopic (exact) mass is 155 g/mol. The molecule has 2 unspecified atom stereocenters. The third kappa shape index (κ3) is 1.60. The van der Waals surface area contributed by atoms with Crippen molar-refractivity contribution in [3.63, 3.8) is 0 Å². The summed E-state index contributed by atoms with van der Waals surface area (Å²) >= 11 is 0. The lowest BCUT2D eigenvalue weighted by atomic mass is 10.2. The molecule has 0 bridgehead atoms. The number of rotatable bonds is 1. The molecule has 2 atom stereocenters. The van der Waals surface area contributed by atoms with E-state index in [0.29, 0.717) is 6.54 Å². The Hall–Kier alpha value is -0.830. The van der Waals surface area contributed by atoms with E-state index in [1.807, 2.05) is 6.92 Å². The maximum Gasteiger partial charge on any atom is 0.255 e. The Balaban J connectivity index is 2.66. The van der Waals surface area contributed by atoms with Gasteiger partial charge in [0.15, 0.2) is 0 Å². The fraction of sp³-hybridized carbons (Fsp3) is 0.625. The molecule has 3 nitrogen and oxygen atoms in total. The molecule has 3 heteroatoms. The van der Waals surface area contributed by atoms with Gasteiger partial charge in [-0.3, -0.25) is 4.79 Å². The van der Waals surface area contributed by atoms with Crippen LogP contribution in [0.2, 0.25) is 0 Å². The highest BCUT2D eigenvalue weighted by Gasteiger charge is 2.27. The maximum atomic E-state index is 11.2. The smallest absolute Gasteiger partial charge is 0.255 e. The second kappa shape index (κ2) is 3.05. The van der Waals surface area contributed by atoms with Gasteiger partial charge in [0.1, 0.15) is 6.10 Å². The van der Waals surface area contributed by atoms with E-state index in [1.165, 1.54) is 0 Å². The highest BCUT2D eigenvalue weighted by molar-refractivity contribution is 5.82. The van der Waals surface area contributed by atoms with Gasteiger partial charge in [-0.1, -0.05) is 6.58 Å². The minimum absolute atomic E-state index is 0.00176. The first-order valence-corrected chi connectivity index (χ1v) is 3.73. The van der Waals surface area contributed by atoms with Gasteiger partial charge in [-0.05, 0) is 20.0 Å². The molecule has 11 heavy (non-hydrogen) atoms. The average molecular weight is 155 g/mol. The summed E-state index contributed by atoms with van der Waals surface area (Å²) in [6.07, 6.45) is 1.34. The van der Waals surface area contributed by atoms with Crippen LogP contribution in [0.4, 0.5) is 0 Å². The van der Waals surface area contributed by atoms with Crippen LogP contribution in [-0.2, 0) is 9.53 Å². The molecule has 1 aliphatic rings. The summed E-state index contributed by atoms with van der Waals surface area (Å²) in [4.78, 5) is 12.8. The predicted octanol–water partition coefficient (Wildman–Crippen LogP) is 0.766. The molecule has 0 radical (unpaired) electrons. The van der Waals surface area contributed by atoms with E-state index in [2.05, 4.69) is 6.58 Å². The number of hydrogen-bond acceptors (Lipinski definition) is 2. The molecule has 0 N–H and O–H groups in total. The Morgan fingerprint density at radius 2 is 2.36 bits per heavy atom. The number of morpholine rings is 1. The zero-order valence-corrected chi connectivity index (χ0v) is 6.91. The Morgan fingerprint density at radius 1 is 1.73 bits per heavy atom. The van der Waals surface area contributed by atoms with Crippen LogP contribution in [0.1, 0.15) is 13.8 Å². The van der Waals surface area contributed by atoms with Gasteiger partial charge in [-0.2, -0.15) is 0 Å². The van der Waals surface area contributed by atoms with Gasteiger partial charge in [-0.15, -0.1) is 0 Å². The summed E-state index contributed by atoms with van der Waals surface area (Å²) in [6, 6.07) is 0. The molecule has 0 aromatic heterocycles. The lowest BCUT2D eigenvalue weighted by Gasteiger charge is -2.32. The summed E-state index contributed by atoms with van der Waals surface area (Å²) in [7, 11) is 0. The summed E-state index contributed by atoms with van der Waals surface area (Å²) in [5.74, 6) is -0.00176. The van der Waals surface area contributed by atoms with E-state index < -0.39 is 0 Å². The fourth-order valence-corrected chi connectivity index (χ4v) is 1.21. The van der Waals surface area contributed by atoms with Crippen LogP contribution >= 0.6 is 0 Å². The summed E-state index contributed by atoms with van der Waals surface area (Å²) in [5, 5.41) is 0. The topological polar surface area (TPSA) is 29.5 Å². The normalized spacial score (nSPS) is 32.2. The number of ether oxygens (including phenoxy) is 1. The number of carbonyl (C=O) groups is 1. The molecule has 1 fully saturated rings. The van der Waals surface area contributed by atoms with Crippen LogP contribution in [0.5, 0.6) is 0 Å². The number of amides is 1. The number of hydrogen-bond donors (Lipinski definition) is 0. The fourth-order valence-electron chi connectivity index (χ4n) is 1.21. The van der Waals surface area contributed by atoms with Crippen LogP contribution in [0.25, 0.3) is 0 Å². The van der Waals surface area contributed by atoms with Gasteiger partial charge < -0.3 is 9.64 Å².